The van der Waals surface area contributed by atoms with Crippen LogP contribution in [0.2, 0.25) is 0 Å². The number of carbonyl (C=O) groups excluding carboxylic acids is 1. The number of amides is 1. The van der Waals surface area contributed by atoms with E-state index < -0.39 is 0 Å². The third-order valence-corrected chi connectivity index (χ3v) is 4.36. The van der Waals surface area contributed by atoms with E-state index in [1.165, 1.54) is 4.57 Å². The summed E-state index contributed by atoms with van der Waals surface area (Å²) in [4.78, 5) is 29.2. The topological polar surface area (TPSA) is 64.0 Å². The van der Waals surface area contributed by atoms with E-state index in [-0.39, 0.29) is 18.0 Å². The van der Waals surface area contributed by atoms with Gasteiger partial charge in [0.2, 0.25) is 5.91 Å². The summed E-state index contributed by atoms with van der Waals surface area (Å²) in [6, 6.07) is 13.6. The van der Waals surface area contributed by atoms with Gasteiger partial charge in [-0.3, -0.25) is 14.2 Å². The maximum absolute atomic E-state index is 12.5. The molecule has 0 aliphatic carbocycles. The van der Waals surface area contributed by atoms with Crippen molar-refractivity contribution in [2.45, 2.75) is 33.9 Å². The highest BCUT2D eigenvalue weighted by molar-refractivity contribution is 5.81. The van der Waals surface area contributed by atoms with E-state index in [0.717, 1.165) is 22.2 Å². The van der Waals surface area contributed by atoms with Crippen molar-refractivity contribution in [3.05, 3.63) is 75.2 Å². The molecule has 0 unspecified atom stereocenters. The van der Waals surface area contributed by atoms with Crippen molar-refractivity contribution in [3.63, 3.8) is 0 Å². The van der Waals surface area contributed by atoms with E-state index in [1.54, 1.807) is 6.92 Å². The Balaban J connectivity index is 1.89. The van der Waals surface area contributed by atoms with E-state index in [4.69, 9.17) is 0 Å². The molecule has 0 aliphatic rings. The first kappa shape index (κ1) is 16.9. The minimum Gasteiger partial charge on any atom is -0.350 e. The SMILES string of the molecule is Cc1cc2nc(C)c(=O)n(CC(=O)NCc3ccccc3)c2cc1C. The Kier molecular flexibility index (Phi) is 4.65. The highest BCUT2D eigenvalue weighted by atomic mass is 16.2. The first-order valence-electron chi connectivity index (χ1n) is 8.24. The lowest BCUT2D eigenvalue weighted by molar-refractivity contribution is -0.121. The summed E-state index contributed by atoms with van der Waals surface area (Å²) in [5.74, 6) is -0.198. The number of fused-ring (bicyclic) bond motifs is 1. The fourth-order valence-corrected chi connectivity index (χ4v) is 2.78. The van der Waals surface area contributed by atoms with Crippen LogP contribution >= 0.6 is 0 Å². The summed E-state index contributed by atoms with van der Waals surface area (Å²) in [5, 5.41) is 2.87. The molecular formula is C20H21N3O2. The van der Waals surface area contributed by atoms with Gasteiger partial charge in [-0.25, -0.2) is 4.98 Å². The van der Waals surface area contributed by atoms with E-state index in [1.807, 2.05) is 56.3 Å². The molecule has 1 heterocycles. The summed E-state index contributed by atoms with van der Waals surface area (Å²) in [7, 11) is 0. The molecule has 0 saturated heterocycles. The van der Waals surface area contributed by atoms with Crippen LogP contribution < -0.4 is 10.9 Å². The fourth-order valence-electron chi connectivity index (χ4n) is 2.78. The monoisotopic (exact) mass is 335 g/mol. The Labute approximate surface area is 146 Å². The van der Waals surface area contributed by atoms with Gasteiger partial charge in [-0.1, -0.05) is 30.3 Å². The van der Waals surface area contributed by atoms with Gasteiger partial charge in [-0.2, -0.15) is 0 Å². The highest BCUT2D eigenvalue weighted by Gasteiger charge is 2.12. The van der Waals surface area contributed by atoms with Crippen LogP contribution in [0.4, 0.5) is 0 Å². The second kappa shape index (κ2) is 6.89. The van der Waals surface area contributed by atoms with Crippen LogP contribution in [-0.2, 0) is 17.9 Å². The average molecular weight is 335 g/mol. The Morgan fingerprint density at radius 3 is 2.48 bits per heavy atom. The first-order valence-corrected chi connectivity index (χ1v) is 8.24. The van der Waals surface area contributed by atoms with Crippen LogP contribution in [0.3, 0.4) is 0 Å². The van der Waals surface area contributed by atoms with Crippen LogP contribution in [0.25, 0.3) is 11.0 Å². The van der Waals surface area contributed by atoms with Gasteiger partial charge >= 0.3 is 0 Å². The lowest BCUT2D eigenvalue weighted by atomic mass is 10.1. The molecule has 0 atom stereocenters. The molecule has 2 aromatic carbocycles. The largest absolute Gasteiger partial charge is 0.350 e. The summed E-state index contributed by atoms with van der Waals surface area (Å²) in [6.07, 6.45) is 0. The predicted molar refractivity (Wildman–Crippen MR) is 98.5 cm³/mol. The van der Waals surface area contributed by atoms with Crippen molar-refractivity contribution in [2.75, 3.05) is 0 Å². The number of hydrogen-bond donors (Lipinski definition) is 1. The van der Waals surface area contributed by atoms with Gasteiger partial charge < -0.3 is 5.32 Å². The Morgan fingerprint density at radius 2 is 1.76 bits per heavy atom. The molecule has 5 nitrogen and oxygen atoms in total. The number of carbonyl (C=O) groups is 1. The summed E-state index contributed by atoms with van der Waals surface area (Å²) < 4.78 is 1.50. The molecule has 0 radical (unpaired) electrons. The van der Waals surface area contributed by atoms with E-state index in [2.05, 4.69) is 10.3 Å². The van der Waals surface area contributed by atoms with Gasteiger partial charge in [0.05, 0.1) is 11.0 Å². The Hall–Kier alpha value is -2.95. The molecule has 1 amide bonds. The van der Waals surface area contributed by atoms with Crippen molar-refractivity contribution < 1.29 is 4.79 Å². The zero-order valence-corrected chi connectivity index (χ0v) is 14.7. The van der Waals surface area contributed by atoms with Gasteiger partial charge in [-0.05, 0) is 49.6 Å². The maximum atomic E-state index is 12.5. The minimum atomic E-state index is -0.231. The fraction of sp³-hybridized carbons (Fsp3) is 0.250. The summed E-state index contributed by atoms with van der Waals surface area (Å²) in [6.45, 7) is 6.09. The molecule has 0 saturated carbocycles. The number of hydrogen-bond acceptors (Lipinski definition) is 3. The third kappa shape index (κ3) is 3.60. The van der Waals surface area contributed by atoms with Crippen LogP contribution in [0, 0.1) is 20.8 Å². The smallest absolute Gasteiger partial charge is 0.272 e. The molecule has 5 heteroatoms. The Bertz CT molecular complexity index is 991. The molecule has 0 aliphatic heterocycles. The molecule has 0 fully saturated rings. The zero-order valence-electron chi connectivity index (χ0n) is 14.7. The highest BCUT2D eigenvalue weighted by Crippen LogP contribution is 2.17. The maximum Gasteiger partial charge on any atom is 0.272 e. The number of aryl methyl sites for hydroxylation is 3. The van der Waals surface area contributed by atoms with Crippen LogP contribution in [0.15, 0.2) is 47.3 Å². The van der Waals surface area contributed by atoms with E-state index in [9.17, 15) is 9.59 Å². The normalized spacial score (nSPS) is 10.8. The first-order chi connectivity index (χ1) is 12.0. The quantitative estimate of drug-likeness (QED) is 0.797. The third-order valence-electron chi connectivity index (χ3n) is 4.36. The van der Waals surface area contributed by atoms with Crippen molar-refractivity contribution in [3.8, 4) is 0 Å². The lowest BCUT2D eigenvalue weighted by Crippen LogP contribution is -2.33. The Morgan fingerprint density at radius 1 is 1.08 bits per heavy atom. The molecule has 3 aromatic rings. The molecular weight excluding hydrogens is 314 g/mol. The van der Waals surface area contributed by atoms with Crippen LogP contribution in [0.1, 0.15) is 22.4 Å². The summed E-state index contributed by atoms with van der Waals surface area (Å²) in [5.41, 5.74) is 4.78. The molecule has 1 aromatic heterocycles. The average Bonchev–Trinajstić information content (AvgIpc) is 2.60. The lowest BCUT2D eigenvalue weighted by Gasteiger charge is -2.13. The standard InChI is InChI=1S/C20H21N3O2/c1-13-9-17-18(10-14(13)2)23(20(25)15(3)22-17)12-19(24)21-11-16-7-5-4-6-8-16/h4-10H,11-12H2,1-3H3,(H,21,24). The number of rotatable bonds is 4. The van der Waals surface area contributed by atoms with Gasteiger partial charge in [0, 0.05) is 6.54 Å². The van der Waals surface area contributed by atoms with Gasteiger partial charge in [0.25, 0.3) is 5.56 Å². The van der Waals surface area contributed by atoms with Gasteiger partial charge in [-0.15, -0.1) is 0 Å². The van der Waals surface area contributed by atoms with E-state index in [0.29, 0.717) is 17.8 Å². The van der Waals surface area contributed by atoms with Crippen molar-refractivity contribution in [2.24, 2.45) is 0 Å². The van der Waals surface area contributed by atoms with Crippen LogP contribution in [-0.4, -0.2) is 15.5 Å². The number of benzene rings is 2. The van der Waals surface area contributed by atoms with Crippen molar-refractivity contribution in [1.29, 1.82) is 0 Å². The molecule has 128 valence electrons. The molecule has 0 bridgehead atoms. The van der Waals surface area contributed by atoms with Gasteiger partial charge in [0.15, 0.2) is 0 Å². The molecule has 1 N–H and O–H groups in total. The number of aromatic nitrogens is 2. The second-order valence-electron chi connectivity index (χ2n) is 6.28. The molecule has 3 rings (SSSR count). The molecule has 0 spiro atoms. The summed E-state index contributed by atoms with van der Waals surface area (Å²) >= 11 is 0. The van der Waals surface area contributed by atoms with Crippen molar-refractivity contribution in [1.82, 2.24) is 14.9 Å². The van der Waals surface area contributed by atoms with E-state index >= 15 is 0 Å². The number of nitrogens with zero attached hydrogens (tertiary/aromatic N) is 2. The van der Waals surface area contributed by atoms with Crippen LogP contribution in [0.5, 0.6) is 0 Å². The number of nitrogens with one attached hydrogen (secondary N) is 1. The minimum absolute atomic E-state index is 0.0198. The second-order valence-corrected chi connectivity index (χ2v) is 6.28. The van der Waals surface area contributed by atoms with Crippen molar-refractivity contribution >= 4 is 16.9 Å². The van der Waals surface area contributed by atoms with Gasteiger partial charge in [0.1, 0.15) is 12.2 Å². The zero-order chi connectivity index (χ0) is 18.0. The molecule has 25 heavy (non-hydrogen) atoms. The predicted octanol–water partition coefficient (Wildman–Crippen LogP) is 2.64.